The molecule has 1 N–H and O–H groups in total. The van der Waals surface area contributed by atoms with Gasteiger partial charge in [-0.05, 0) is 66.1 Å². The molecular formula is C19H17ClIN3. The van der Waals surface area contributed by atoms with Crippen LogP contribution in [0.3, 0.4) is 0 Å². The summed E-state index contributed by atoms with van der Waals surface area (Å²) in [6, 6.07) is 16.4. The summed E-state index contributed by atoms with van der Waals surface area (Å²) in [5, 5.41) is 9.22. The molecule has 3 nitrogen and oxygen atoms in total. The molecule has 0 atom stereocenters. The average Bonchev–Trinajstić information content (AvgIpc) is 2.77. The van der Waals surface area contributed by atoms with E-state index in [-0.39, 0.29) is 0 Å². The van der Waals surface area contributed by atoms with Crippen molar-refractivity contribution < 1.29 is 0 Å². The van der Waals surface area contributed by atoms with Crippen LogP contribution in [0.15, 0.2) is 48.5 Å². The van der Waals surface area contributed by atoms with Gasteiger partial charge in [0.25, 0.3) is 0 Å². The minimum Gasteiger partial charge on any atom is -0.370 e. The van der Waals surface area contributed by atoms with Gasteiger partial charge in [-0.1, -0.05) is 35.9 Å². The van der Waals surface area contributed by atoms with Crippen molar-refractivity contribution in [2.45, 2.75) is 19.3 Å². The first kappa shape index (κ1) is 16.0. The largest absolute Gasteiger partial charge is 0.370 e. The number of nitrogens with zero attached hydrogens (tertiary/aromatic N) is 2. The molecule has 3 aromatic rings. The zero-order valence-electron chi connectivity index (χ0n) is 13.1. The van der Waals surface area contributed by atoms with Crippen LogP contribution >= 0.6 is 34.2 Å². The third-order valence-corrected chi connectivity index (χ3v) is 5.30. The quantitative estimate of drug-likeness (QED) is 0.520. The first-order chi connectivity index (χ1) is 11.7. The Morgan fingerprint density at radius 3 is 2.79 bits per heavy atom. The van der Waals surface area contributed by atoms with E-state index in [1.165, 1.54) is 22.0 Å². The Kier molecular flexibility index (Phi) is 4.50. The zero-order valence-corrected chi connectivity index (χ0v) is 16.0. The van der Waals surface area contributed by atoms with Gasteiger partial charge in [0, 0.05) is 21.2 Å². The van der Waals surface area contributed by atoms with Crippen LogP contribution in [0, 0.1) is 3.57 Å². The van der Waals surface area contributed by atoms with E-state index in [9.17, 15) is 0 Å². The summed E-state index contributed by atoms with van der Waals surface area (Å²) in [6.45, 7) is 0.967. The monoisotopic (exact) mass is 449 g/mol. The van der Waals surface area contributed by atoms with Gasteiger partial charge in [0.1, 0.15) is 5.82 Å². The highest BCUT2D eigenvalue weighted by atomic mass is 127. The van der Waals surface area contributed by atoms with Gasteiger partial charge >= 0.3 is 0 Å². The maximum absolute atomic E-state index is 6.43. The zero-order chi connectivity index (χ0) is 16.5. The van der Waals surface area contributed by atoms with Gasteiger partial charge in [-0.15, -0.1) is 0 Å². The Labute approximate surface area is 160 Å². The topological polar surface area (TPSA) is 29.9 Å². The van der Waals surface area contributed by atoms with E-state index in [0.717, 1.165) is 35.7 Å². The summed E-state index contributed by atoms with van der Waals surface area (Å²) in [5.74, 6) is 1.08. The second kappa shape index (κ2) is 6.76. The predicted octanol–water partition coefficient (Wildman–Crippen LogP) is 5.55. The summed E-state index contributed by atoms with van der Waals surface area (Å²) in [6.07, 6.45) is 3.38. The second-order valence-corrected chi connectivity index (χ2v) is 7.59. The van der Waals surface area contributed by atoms with E-state index in [0.29, 0.717) is 5.02 Å². The molecule has 0 spiro atoms. The summed E-state index contributed by atoms with van der Waals surface area (Å²) in [4.78, 5) is 0. The van der Waals surface area contributed by atoms with Gasteiger partial charge < -0.3 is 5.32 Å². The molecule has 0 saturated carbocycles. The van der Waals surface area contributed by atoms with Crippen molar-refractivity contribution in [2.75, 3.05) is 11.9 Å². The molecule has 0 unspecified atom stereocenters. The van der Waals surface area contributed by atoms with Gasteiger partial charge in [-0.3, -0.25) is 0 Å². The molecule has 1 aromatic heterocycles. The Morgan fingerprint density at radius 1 is 1.08 bits per heavy atom. The van der Waals surface area contributed by atoms with E-state index >= 15 is 0 Å². The number of rotatable bonds is 2. The molecule has 0 fully saturated rings. The third-order valence-electron chi connectivity index (χ3n) is 4.31. The molecule has 1 aliphatic rings. The molecule has 0 amide bonds. The van der Waals surface area contributed by atoms with Gasteiger partial charge in [0.2, 0.25) is 0 Å². The van der Waals surface area contributed by atoms with Crippen LogP contribution < -0.4 is 5.32 Å². The van der Waals surface area contributed by atoms with Crippen molar-refractivity contribution >= 4 is 40.0 Å². The van der Waals surface area contributed by atoms with Crippen molar-refractivity contribution in [3.63, 3.8) is 0 Å². The van der Waals surface area contributed by atoms with Gasteiger partial charge in [-0.25, -0.2) is 4.68 Å². The number of aromatic nitrogens is 2. The minimum absolute atomic E-state index is 0.711. The normalized spacial score (nSPS) is 13.9. The standard InChI is InChI=1S/C19H17ClIN3/c20-16-9-1-2-10-17(16)24-19-15(8-3-4-11-22-19)18(23-24)13-6-5-7-14(21)12-13/h1-2,5-7,9-10,12,22H,3-4,8,11H2. The molecule has 2 heterocycles. The lowest BCUT2D eigenvalue weighted by Gasteiger charge is -2.10. The number of fused-ring (bicyclic) bond motifs is 1. The summed E-state index contributed by atoms with van der Waals surface area (Å²) >= 11 is 8.78. The van der Waals surface area contributed by atoms with E-state index < -0.39 is 0 Å². The lowest BCUT2D eigenvalue weighted by Crippen LogP contribution is -2.07. The molecule has 0 bridgehead atoms. The second-order valence-electron chi connectivity index (χ2n) is 5.93. The van der Waals surface area contributed by atoms with Crippen LogP contribution in [0.25, 0.3) is 16.9 Å². The first-order valence-corrected chi connectivity index (χ1v) is 9.56. The molecule has 5 heteroatoms. The Bertz CT molecular complexity index is 888. The molecular weight excluding hydrogens is 433 g/mol. The van der Waals surface area contributed by atoms with Crippen LogP contribution in [0.4, 0.5) is 5.82 Å². The highest BCUT2D eigenvalue weighted by Gasteiger charge is 2.22. The number of anilines is 1. The maximum atomic E-state index is 6.43. The predicted molar refractivity (Wildman–Crippen MR) is 108 cm³/mol. The first-order valence-electron chi connectivity index (χ1n) is 8.10. The van der Waals surface area contributed by atoms with Crippen molar-refractivity contribution in [2.24, 2.45) is 0 Å². The number of benzene rings is 2. The lowest BCUT2D eigenvalue weighted by atomic mass is 10.0. The third kappa shape index (κ3) is 2.93. The maximum Gasteiger partial charge on any atom is 0.133 e. The number of hydrogen-bond donors (Lipinski definition) is 1. The molecule has 4 rings (SSSR count). The van der Waals surface area contributed by atoms with Crippen molar-refractivity contribution in [3.8, 4) is 16.9 Å². The Balaban J connectivity index is 1.94. The lowest BCUT2D eigenvalue weighted by molar-refractivity contribution is 0.780. The van der Waals surface area contributed by atoms with E-state index in [1.807, 2.05) is 28.9 Å². The number of para-hydroxylation sites is 1. The molecule has 24 heavy (non-hydrogen) atoms. The van der Waals surface area contributed by atoms with Crippen molar-refractivity contribution in [1.82, 2.24) is 9.78 Å². The molecule has 0 saturated heterocycles. The van der Waals surface area contributed by atoms with Crippen LogP contribution in [0.2, 0.25) is 5.02 Å². The fraction of sp³-hybridized carbons (Fsp3) is 0.211. The highest BCUT2D eigenvalue weighted by Crippen LogP contribution is 2.35. The molecule has 122 valence electrons. The Hall–Kier alpha value is -1.53. The highest BCUT2D eigenvalue weighted by molar-refractivity contribution is 14.1. The molecule has 0 aliphatic carbocycles. The minimum atomic E-state index is 0.711. The fourth-order valence-electron chi connectivity index (χ4n) is 3.17. The number of halogens is 2. The SMILES string of the molecule is Clc1ccccc1-n1nc(-c2cccc(I)c2)c2c1NCCCC2. The molecule has 1 aliphatic heterocycles. The number of nitrogens with one attached hydrogen (secondary N) is 1. The fourth-order valence-corrected chi connectivity index (χ4v) is 3.93. The van der Waals surface area contributed by atoms with Crippen molar-refractivity contribution in [3.05, 3.63) is 62.7 Å². The van der Waals surface area contributed by atoms with Crippen LogP contribution in [-0.2, 0) is 6.42 Å². The van der Waals surface area contributed by atoms with E-state index in [1.54, 1.807) is 0 Å². The summed E-state index contributed by atoms with van der Waals surface area (Å²) < 4.78 is 3.19. The van der Waals surface area contributed by atoms with E-state index in [2.05, 4.69) is 52.2 Å². The smallest absolute Gasteiger partial charge is 0.133 e. The Morgan fingerprint density at radius 2 is 1.96 bits per heavy atom. The van der Waals surface area contributed by atoms with Crippen molar-refractivity contribution in [1.29, 1.82) is 0 Å². The van der Waals surface area contributed by atoms with Crippen LogP contribution in [0.1, 0.15) is 18.4 Å². The van der Waals surface area contributed by atoms with Gasteiger partial charge in [0.05, 0.1) is 16.4 Å². The van der Waals surface area contributed by atoms with Crippen LogP contribution in [-0.4, -0.2) is 16.3 Å². The van der Waals surface area contributed by atoms with Crippen LogP contribution in [0.5, 0.6) is 0 Å². The van der Waals surface area contributed by atoms with E-state index in [4.69, 9.17) is 16.7 Å². The summed E-state index contributed by atoms with van der Waals surface area (Å²) in [5.41, 5.74) is 4.42. The molecule has 2 aromatic carbocycles. The summed E-state index contributed by atoms with van der Waals surface area (Å²) in [7, 11) is 0. The number of hydrogen-bond acceptors (Lipinski definition) is 2. The van der Waals surface area contributed by atoms with Gasteiger partial charge in [-0.2, -0.15) is 5.10 Å². The average molecular weight is 450 g/mol. The van der Waals surface area contributed by atoms with Gasteiger partial charge in [0.15, 0.2) is 0 Å². The molecule has 0 radical (unpaired) electrons.